The molecule has 0 aromatic carbocycles. The molecule has 94 valence electrons. The average Bonchev–Trinajstić information content (AvgIpc) is 2.30. The molecule has 1 atom stereocenters. The zero-order valence-electron chi connectivity index (χ0n) is 9.63. The van der Waals surface area contributed by atoms with Crippen molar-refractivity contribution >= 4 is 11.7 Å². The summed E-state index contributed by atoms with van der Waals surface area (Å²) in [7, 11) is 0. The third-order valence-electron chi connectivity index (χ3n) is 2.15. The minimum atomic E-state index is -0.530. The maximum atomic E-state index is 11.4. The van der Waals surface area contributed by atoms with Gasteiger partial charge in [0.05, 0.1) is 6.61 Å². The molecule has 0 amide bonds. The van der Waals surface area contributed by atoms with Gasteiger partial charge in [0.1, 0.15) is 6.54 Å². The summed E-state index contributed by atoms with van der Waals surface area (Å²) in [4.78, 5) is 22.8. The van der Waals surface area contributed by atoms with Crippen molar-refractivity contribution in [2.24, 2.45) is 5.92 Å². The standard InChI is InChI=1S/C11H16N2O4/c1-8(6-14)7-17-11(16)5-13-4-9(12)2-3-10(13)15/h2-4,8,14H,5-7,12H2,1H3. The molecule has 0 aliphatic carbocycles. The van der Waals surface area contributed by atoms with E-state index in [9.17, 15) is 9.59 Å². The highest BCUT2D eigenvalue weighted by Crippen LogP contribution is 1.98. The molecule has 17 heavy (non-hydrogen) atoms. The lowest BCUT2D eigenvalue weighted by Crippen LogP contribution is -2.25. The van der Waals surface area contributed by atoms with Crippen LogP contribution in [-0.2, 0) is 16.1 Å². The van der Waals surface area contributed by atoms with E-state index in [2.05, 4.69) is 0 Å². The number of ether oxygens (including phenoxy) is 1. The molecule has 0 saturated heterocycles. The Morgan fingerprint density at radius 3 is 2.94 bits per heavy atom. The fraction of sp³-hybridized carbons (Fsp3) is 0.455. The molecule has 0 fully saturated rings. The molecular weight excluding hydrogens is 224 g/mol. The summed E-state index contributed by atoms with van der Waals surface area (Å²) in [6, 6.07) is 2.76. The van der Waals surface area contributed by atoms with Crippen LogP contribution in [0.3, 0.4) is 0 Å². The lowest BCUT2D eigenvalue weighted by Gasteiger charge is -2.10. The lowest BCUT2D eigenvalue weighted by molar-refractivity contribution is -0.146. The zero-order chi connectivity index (χ0) is 12.8. The van der Waals surface area contributed by atoms with Gasteiger partial charge in [-0.2, -0.15) is 0 Å². The fourth-order valence-corrected chi connectivity index (χ4v) is 1.15. The average molecular weight is 240 g/mol. The van der Waals surface area contributed by atoms with Crippen LogP contribution >= 0.6 is 0 Å². The van der Waals surface area contributed by atoms with Crippen LogP contribution in [0.1, 0.15) is 6.92 Å². The number of carbonyl (C=O) groups excluding carboxylic acids is 1. The molecule has 3 N–H and O–H groups in total. The first-order valence-electron chi connectivity index (χ1n) is 5.25. The molecule has 0 saturated carbocycles. The number of nitrogen functional groups attached to an aromatic ring is 1. The second-order valence-corrected chi connectivity index (χ2v) is 3.90. The van der Waals surface area contributed by atoms with Gasteiger partial charge in [0.15, 0.2) is 0 Å². The van der Waals surface area contributed by atoms with Gasteiger partial charge in [-0.05, 0) is 6.07 Å². The van der Waals surface area contributed by atoms with Crippen LogP contribution in [-0.4, -0.2) is 28.9 Å². The van der Waals surface area contributed by atoms with Crippen LogP contribution in [0, 0.1) is 5.92 Å². The van der Waals surface area contributed by atoms with Crippen LogP contribution in [0.2, 0.25) is 0 Å². The predicted molar refractivity (Wildman–Crippen MR) is 62.3 cm³/mol. The number of aromatic nitrogens is 1. The predicted octanol–water partition coefficient (Wildman–Crippen LogP) is -0.398. The number of anilines is 1. The highest BCUT2D eigenvalue weighted by atomic mass is 16.5. The highest BCUT2D eigenvalue weighted by molar-refractivity contribution is 5.69. The maximum absolute atomic E-state index is 11.4. The summed E-state index contributed by atoms with van der Waals surface area (Å²) in [6.07, 6.45) is 1.39. The van der Waals surface area contributed by atoms with Crippen LogP contribution in [0.15, 0.2) is 23.1 Å². The van der Waals surface area contributed by atoms with Crippen LogP contribution < -0.4 is 11.3 Å². The number of nitrogens with two attached hydrogens (primary N) is 1. The Morgan fingerprint density at radius 2 is 2.29 bits per heavy atom. The molecule has 1 heterocycles. The number of aliphatic hydroxyl groups excluding tert-OH is 1. The van der Waals surface area contributed by atoms with E-state index in [0.29, 0.717) is 5.69 Å². The molecule has 6 nitrogen and oxygen atoms in total. The Morgan fingerprint density at radius 1 is 1.59 bits per heavy atom. The van der Waals surface area contributed by atoms with Gasteiger partial charge >= 0.3 is 5.97 Å². The molecule has 0 aliphatic rings. The number of hydrogen-bond donors (Lipinski definition) is 2. The smallest absolute Gasteiger partial charge is 0.326 e. The van der Waals surface area contributed by atoms with Crippen LogP contribution in [0.4, 0.5) is 5.69 Å². The molecule has 1 aromatic heterocycles. The largest absolute Gasteiger partial charge is 0.464 e. The van der Waals surface area contributed by atoms with E-state index in [1.165, 1.54) is 22.9 Å². The molecular formula is C11H16N2O4. The van der Waals surface area contributed by atoms with Crippen molar-refractivity contribution in [3.8, 4) is 0 Å². The van der Waals surface area contributed by atoms with Gasteiger partial charge in [-0.3, -0.25) is 9.59 Å². The van der Waals surface area contributed by atoms with Gasteiger partial charge in [0, 0.05) is 30.5 Å². The monoisotopic (exact) mass is 240 g/mol. The van der Waals surface area contributed by atoms with Gasteiger partial charge < -0.3 is 20.1 Å². The Labute approximate surface area is 98.6 Å². The van der Waals surface area contributed by atoms with E-state index in [-0.39, 0.29) is 31.2 Å². The van der Waals surface area contributed by atoms with Gasteiger partial charge in [0.25, 0.3) is 5.56 Å². The Hall–Kier alpha value is -1.82. The quantitative estimate of drug-likeness (QED) is 0.683. The normalized spacial score (nSPS) is 12.1. The van der Waals surface area contributed by atoms with E-state index < -0.39 is 5.97 Å². The molecule has 1 unspecified atom stereocenters. The number of pyridine rings is 1. The number of hydrogen-bond acceptors (Lipinski definition) is 5. The number of aliphatic hydroxyl groups is 1. The third-order valence-corrected chi connectivity index (χ3v) is 2.15. The number of carbonyl (C=O) groups is 1. The van der Waals surface area contributed by atoms with Gasteiger partial charge in [0.2, 0.25) is 0 Å². The van der Waals surface area contributed by atoms with Crippen molar-refractivity contribution in [1.29, 1.82) is 0 Å². The van der Waals surface area contributed by atoms with Crippen molar-refractivity contribution in [2.75, 3.05) is 18.9 Å². The minimum absolute atomic E-state index is 0.0501. The van der Waals surface area contributed by atoms with E-state index in [0.717, 1.165) is 0 Å². The fourth-order valence-electron chi connectivity index (χ4n) is 1.15. The summed E-state index contributed by atoms with van der Waals surface area (Å²) in [5.41, 5.74) is 5.59. The number of nitrogens with zero attached hydrogens (tertiary/aromatic N) is 1. The molecule has 0 radical (unpaired) electrons. The van der Waals surface area contributed by atoms with Crippen molar-refractivity contribution in [3.05, 3.63) is 28.7 Å². The van der Waals surface area contributed by atoms with E-state index in [4.69, 9.17) is 15.6 Å². The second kappa shape index (κ2) is 6.05. The summed E-state index contributed by atoms with van der Waals surface area (Å²) in [5.74, 6) is -0.644. The minimum Gasteiger partial charge on any atom is -0.464 e. The van der Waals surface area contributed by atoms with E-state index in [1.54, 1.807) is 6.92 Å². The molecule has 6 heteroatoms. The highest BCUT2D eigenvalue weighted by Gasteiger charge is 2.08. The van der Waals surface area contributed by atoms with Gasteiger partial charge in [-0.15, -0.1) is 0 Å². The summed E-state index contributed by atoms with van der Waals surface area (Å²) < 4.78 is 6.08. The molecule has 1 rings (SSSR count). The SMILES string of the molecule is CC(CO)COC(=O)Cn1cc(N)ccc1=O. The summed E-state index contributed by atoms with van der Waals surface area (Å²) in [6.45, 7) is 1.65. The summed E-state index contributed by atoms with van der Waals surface area (Å²) >= 11 is 0. The number of esters is 1. The van der Waals surface area contributed by atoms with E-state index in [1.807, 2.05) is 0 Å². The first-order valence-corrected chi connectivity index (χ1v) is 5.25. The molecule has 0 aliphatic heterocycles. The Bertz CT molecular complexity index is 441. The topological polar surface area (TPSA) is 94.6 Å². The molecule has 0 bridgehead atoms. The summed E-state index contributed by atoms with van der Waals surface area (Å²) in [5, 5.41) is 8.75. The molecule has 1 aromatic rings. The maximum Gasteiger partial charge on any atom is 0.326 e. The van der Waals surface area contributed by atoms with Crippen LogP contribution in [0.25, 0.3) is 0 Å². The van der Waals surface area contributed by atoms with Gasteiger partial charge in [-0.25, -0.2) is 0 Å². The number of rotatable bonds is 5. The Balaban J connectivity index is 2.56. The van der Waals surface area contributed by atoms with Crippen molar-refractivity contribution < 1.29 is 14.6 Å². The lowest BCUT2D eigenvalue weighted by atomic mass is 10.2. The van der Waals surface area contributed by atoms with E-state index >= 15 is 0 Å². The van der Waals surface area contributed by atoms with Crippen molar-refractivity contribution in [1.82, 2.24) is 4.57 Å². The first-order chi connectivity index (χ1) is 8.02. The molecule has 0 spiro atoms. The first kappa shape index (κ1) is 13.2. The van der Waals surface area contributed by atoms with Crippen molar-refractivity contribution in [2.45, 2.75) is 13.5 Å². The van der Waals surface area contributed by atoms with Crippen LogP contribution in [0.5, 0.6) is 0 Å². The second-order valence-electron chi connectivity index (χ2n) is 3.90. The Kier molecular flexibility index (Phi) is 4.71. The van der Waals surface area contributed by atoms with Crippen molar-refractivity contribution in [3.63, 3.8) is 0 Å². The zero-order valence-corrected chi connectivity index (χ0v) is 9.63. The van der Waals surface area contributed by atoms with Gasteiger partial charge in [-0.1, -0.05) is 6.92 Å². The third kappa shape index (κ3) is 4.28.